The minimum atomic E-state index is -0.447. The summed E-state index contributed by atoms with van der Waals surface area (Å²) in [5.41, 5.74) is 4.03. The number of esters is 1. The molecule has 0 N–H and O–H groups in total. The molecule has 0 spiro atoms. The summed E-state index contributed by atoms with van der Waals surface area (Å²) in [5, 5.41) is 3.87. The Morgan fingerprint density at radius 2 is 1.89 bits per heavy atom. The number of hydrogen-bond acceptors (Lipinski definition) is 4. The number of carbonyl (C=O) groups is 1. The number of aryl methyl sites for hydroxylation is 1. The molecule has 0 saturated carbocycles. The van der Waals surface area contributed by atoms with Gasteiger partial charge in [-0.1, -0.05) is 41.1 Å². The normalized spacial score (nSPS) is 12.2. The lowest BCUT2D eigenvalue weighted by Gasteiger charge is -2.02. The van der Waals surface area contributed by atoms with Crippen molar-refractivity contribution in [2.75, 3.05) is 13.7 Å². The van der Waals surface area contributed by atoms with Crippen LogP contribution in [0.1, 0.15) is 25.0 Å². The van der Waals surface area contributed by atoms with Crippen molar-refractivity contribution in [2.24, 2.45) is 5.16 Å². The molecule has 0 aromatic heterocycles. The van der Waals surface area contributed by atoms with Gasteiger partial charge in [0.05, 0.1) is 12.8 Å². The van der Waals surface area contributed by atoms with E-state index in [4.69, 9.17) is 4.84 Å². The van der Waals surface area contributed by atoms with Crippen molar-refractivity contribution in [3.63, 3.8) is 0 Å². The maximum atomic E-state index is 10.9. The van der Waals surface area contributed by atoms with Crippen LogP contribution < -0.4 is 0 Å². The van der Waals surface area contributed by atoms with Crippen LogP contribution in [0.3, 0.4) is 0 Å². The lowest BCUT2D eigenvalue weighted by atomic mass is 10.1. The van der Waals surface area contributed by atoms with Crippen LogP contribution in [0.15, 0.2) is 35.0 Å². The topological polar surface area (TPSA) is 47.9 Å². The van der Waals surface area contributed by atoms with Gasteiger partial charge in [0, 0.05) is 0 Å². The second-order valence-corrected chi connectivity index (χ2v) is 4.26. The van der Waals surface area contributed by atoms with Crippen LogP contribution in [0, 0.1) is 6.92 Å². The van der Waals surface area contributed by atoms with Crippen LogP contribution in [0.2, 0.25) is 0 Å². The molecule has 102 valence electrons. The van der Waals surface area contributed by atoms with Crippen LogP contribution >= 0.6 is 0 Å². The highest BCUT2D eigenvalue weighted by molar-refractivity contribution is 6.01. The fraction of sp³-hybridized carbons (Fsp3) is 0.333. The van der Waals surface area contributed by atoms with E-state index in [9.17, 15) is 4.79 Å². The quantitative estimate of drug-likeness (QED) is 0.465. The van der Waals surface area contributed by atoms with E-state index in [0.717, 1.165) is 16.8 Å². The number of allylic oxidation sites excluding steroid dienone is 1. The van der Waals surface area contributed by atoms with Crippen molar-refractivity contribution in [2.45, 2.75) is 20.8 Å². The molecule has 0 fully saturated rings. The second kappa shape index (κ2) is 7.36. The third-order valence-corrected chi connectivity index (χ3v) is 2.64. The summed E-state index contributed by atoms with van der Waals surface area (Å²) < 4.78 is 4.45. The summed E-state index contributed by atoms with van der Waals surface area (Å²) in [4.78, 5) is 15.8. The lowest BCUT2D eigenvalue weighted by molar-refractivity contribution is -0.145. The zero-order valence-corrected chi connectivity index (χ0v) is 11.8. The molecule has 1 aromatic carbocycles. The first kappa shape index (κ1) is 15.0. The predicted octanol–water partition coefficient (Wildman–Crippen LogP) is 2.96. The van der Waals surface area contributed by atoms with Crippen molar-refractivity contribution < 1.29 is 14.4 Å². The maximum absolute atomic E-state index is 10.9. The standard InChI is InChI=1S/C15H19NO3/c1-11-5-7-14(8-6-11)9-12(2)13(3)16-19-10-15(17)18-4/h5-9H,10H2,1-4H3/b12-9+,16-13+. The van der Waals surface area contributed by atoms with Gasteiger partial charge in [0.2, 0.25) is 6.61 Å². The lowest BCUT2D eigenvalue weighted by Crippen LogP contribution is -2.08. The molecule has 0 radical (unpaired) electrons. The molecule has 0 aliphatic carbocycles. The summed E-state index contributed by atoms with van der Waals surface area (Å²) >= 11 is 0. The van der Waals surface area contributed by atoms with Gasteiger partial charge < -0.3 is 9.57 Å². The van der Waals surface area contributed by atoms with Gasteiger partial charge in [0.25, 0.3) is 0 Å². The zero-order chi connectivity index (χ0) is 14.3. The number of nitrogens with zero attached hydrogens (tertiary/aromatic N) is 1. The summed E-state index contributed by atoms with van der Waals surface area (Å²) in [6.07, 6.45) is 2.01. The van der Waals surface area contributed by atoms with E-state index < -0.39 is 5.97 Å². The fourth-order valence-corrected chi connectivity index (χ4v) is 1.33. The Balaban J connectivity index is 2.65. The van der Waals surface area contributed by atoms with Crippen molar-refractivity contribution in [3.05, 3.63) is 41.0 Å². The Bertz CT molecular complexity index is 487. The van der Waals surface area contributed by atoms with Crippen LogP contribution in [0.4, 0.5) is 0 Å². The van der Waals surface area contributed by atoms with E-state index >= 15 is 0 Å². The number of carbonyl (C=O) groups excluding carboxylic acids is 1. The Hall–Kier alpha value is -2.10. The SMILES string of the molecule is COC(=O)CO/N=C(C)/C(C)=C/c1ccc(C)cc1. The molecule has 0 aliphatic heterocycles. The number of rotatable bonds is 5. The molecule has 19 heavy (non-hydrogen) atoms. The third kappa shape index (κ3) is 5.38. The van der Waals surface area contributed by atoms with Crippen LogP contribution in [-0.2, 0) is 14.4 Å². The molecular formula is C15H19NO3. The minimum Gasteiger partial charge on any atom is -0.466 e. The van der Waals surface area contributed by atoms with Gasteiger partial charge in [-0.3, -0.25) is 0 Å². The summed E-state index contributed by atoms with van der Waals surface area (Å²) in [6.45, 7) is 5.65. The summed E-state index contributed by atoms with van der Waals surface area (Å²) in [5.74, 6) is -0.447. The molecule has 4 heteroatoms. The van der Waals surface area contributed by atoms with Crippen LogP contribution in [0.25, 0.3) is 6.08 Å². The van der Waals surface area contributed by atoms with E-state index in [1.54, 1.807) is 0 Å². The predicted molar refractivity (Wildman–Crippen MR) is 75.9 cm³/mol. The number of benzene rings is 1. The average molecular weight is 261 g/mol. The van der Waals surface area contributed by atoms with Crippen LogP contribution in [0.5, 0.6) is 0 Å². The van der Waals surface area contributed by atoms with E-state index in [-0.39, 0.29) is 6.61 Å². The van der Waals surface area contributed by atoms with Crippen molar-refractivity contribution in [3.8, 4) is 0 Å². The van der Waals surface area contributed by atoms with Gasteiger partial charge in [-0.05, 0) is 31.9 Å². The van der Waals surface area contributed by atoms with E-state index in [2.05, 4.69) is 22.0 Å². The molecule has 1 rings (SSSR count). The van der Waals surface area contributed by atoms with Gasteiger partial charge >= 0.3 is 5.97 Å². The second-order valence-electron chi connectivity index (χ2n) is 4.26. The summed E-state index contributed by atoms with van der Waals surface area (Å²) in [7, 11) is 1.31. The first-order valence-corrected chi connectivity index (χ1v) is 6.01. The molecule has 0 bridgehead atoms. The van der Waals surface area contributed by atoms with E-state index in [1.807, 2.05) is 39.0 Å². The van der Waals surface area contributed by atoms with E-state index in [1.165, 1.54) is 12.7 Å². The smallest absolute Gasteiger partial charge is 0.346 e. The number of hydrogen-bond donors (Lipinski definition) is 0. The monoisotopic (exact) mass is 261 g/mol. The third-order valence-electron chi connectivity index (χ3n) is 2.64. The highest BCUT2D eigenvalue weighted by atomic mass is 16.6. The van der Waals surface area contributed by atoms with E-state index in [0.29, 0.717) is 0 Å². The van der Waals surface area contributed by atoms with Gasteiger partial charge in [-0.25, -0.2) is 4.79 Å². The molecule has 1 aromatic rings. The average Bonchev–Trinajstić information content (AvgIpc) is 2.40. The first-order chi connectivity index (χ1) is 9.02. The van der Waals surface area contributed by atoms with Gasteiger partial charge in [0.1, 0.15) is 0 Å². The highest BCUT2D eigenvalue weighted by Gasteiger charge is 2.01. The number of methoxy groups -OCH3 is 1. The fourth-order valence-electron chi connectivity index (χ4n) is 1.33. The largest absolute Gasteiger partial charge is 0.466 e. The minimum absolute atomic E-state index is 0.175. The molecule has 0 atom stereocenters. The molecule has 4 nitrogen and oxygen atoms in total. The number of ether oxygens (including phenoxy) is 1. The van der Waals surface area contributed by atoms with Crippen LogP contribution in [-0.4, -0.2) is 25.4 Å². The van der Waals surface area contributed by atoms with Gasteiger partial charge in [0.15, 0.2) is 0 Å². The van der Waals surface area contributed by atoms with Crippen molar-refractivity contribution in [1.29, 1.82) is 0 Å². The molecular weight excluding hydrogens is 242 g/mol. The Labute approximate surface area is 113 Å². The highest BCUT2D eigenvalue weighted by Crippen LogP contribution is 2.09. The Morgan fingerprint density at radius 3 is 2.47 bits per heavy atom. The molecule has 0 heterocycles. The molecule has 0 saturated heterocycles. The molecule has 0 unspecified atom stereocenters. The Morgan fingerprint density at radius 1 is 1.26 bits per heavy atom. The first-order valence-electron chi connectivity index (χ1n) is 6.01. The maximum Gasteiger partial charge on any atom is 0.346 e. The van der Waals surface area contributed by atoms with Crippen molar-refractivity contribution >= 4 is 17.8 Å². The Kier molecular flexibility index (Phi) is 5.79. The summed E-state index contributed by atoms with van der Waals surface area (Å²) in [6, 6.07) is 8.20. The van der Waals surface area contributed by atoms with Crippen molar-refractivity contribution in [1.82, 2.24) is 0 Å². The molecule has 0 amide bonds. The zero-order valence-electron chi connectivity index (χ0n) is 11.8. The molecule has 0 aliphatic rings. The number of oxime groups is 1. The van der Waals surface area contributed by atoms with Gasteiger partial charge in [-0.15, -0.1) is 0 Å². The van der Waals surface area contributed by atoms with Gasteiger partial charge in [-0.2, -0.15) is 0 Å².